The van der Waals surface area contributed by atoms with Crippen molar-refractivity contribution in [2.24, 2.45) is 5.92 Å². The van der Waals surface area contributed by atoms with E-state index in [2.05, 4.69) is 15.2 Å². The number of alkyl halides is 3. The molecule has 1 atom stereocenters. The number of hydrogen-bond acceptors (Lipinski definition) is 3. The maximum Gasteiger partial charge on any atom is 0.433 e. The lowest BCUT2D eigenvalue weighted by Crippen LogP contribution is -2.34. The van der Waals surface area contributed by atoms with Crippen LogP contribution in [0.4, 0.5) is 23.7 Å². The topological polar surface area (TPSA) is 48.5 Å². The van der Waals surface area contributed by atoms with Crippen LogP contribution in [0.3, 0.4) is 0 Å². The van der Waals surface area contributed by atoms with Crippen LogP contribution in [0.5, 0.6) is 0 Å². The van der Waals surface area contributed by atoms with Crippen LogP contribution in [-0.2, 0) is 6.18 Å². The first-order valence-electron chi connectivity index (χ1n) is 8.23. The van der Waals surface area contributed by atoms with Gasteiger partial charge < -0.3 is 15.1 Å². The van der Waals surface area contributed by atoms with Gasteiger partial charge in [0.2, 0.25) is 0 Å². The number of urea groups is 1. The average Bonchev–Trinajstić information content (AvgIpc) is 3.19. The molecule has 0 aliphatic carbocycles. The van der Waals surface area contributed by atoms with Gasteiger partial charge in [0.25, 0.3) is 0 Å². The first-order chi connectivity index (χ1) is 11.4. The highest BCUT2D eigenvalue weighted by Crippen LogP contribution is 2.28. The fourth-order valence-electron chi connectivity index (χ4n) is 3.33. The van der Waals surface area contributed by atoms with Crippen LogP contribution in [0.25, 0.3) is 0 Å². The van der Waals surface area contributed by atoms with Gasteiger partial charge in [0.15, 0.2) is 0 Å². The lowest BCUT2D eigenvalue weighted by atomic mass is 10.1. The van der Waals surface area contributed by atoms with E-state index in [0.717, 1.165) is 38.3 Å². The Labute approximate surface area is 138 Å². The number of halogens is 3. The van der Waals surface area contributed by atoms with E-state index in [9.17, 15) is 18.0 Å². The Hall–Kier alpha value is -1.83. The number of hydrogen-bond donors (Lipinski definition) is 1. The van der Waals surface area contributed by atoms with Crippen molar-refractivity contribution >= 4 is 11.7 Å². The van der Waals surface area contributed by atoms with E-state index in [0.29, 0.717) is 19.0 Å². The Kier molecular flexibility index (Phi) is 4.93. The second-order valence-electron chi connectivity index (χ2n) is 6.47. The molecule has 132 valence electrons. The average molecular weight is 342 g/mol. The third-order valence-corrected chi connectivity index (χ3v) is 4.59. The first kappa shape index (κ1) is 17.0. The summed E-state index contributed by atoms with van der Waals surface area (Å²) in [7, 11) is 0. The van der Waals surface area contributed by atoms with Gasteiger partial charge in [-0.2, -0.15) is 13.2 Å². The summed E-state index contributed by atoms with van der Waals surface area (Å²) < 4.78 is 37.4. The van der Waals surface area contributed by atoms with Crippen LogP contribution < -0.4 is 5.32 Å². The molecule has 3 rings (SSSR count). The molecule has 1 N–H and O–H groups in total. The highest BCUT2D eigenvalue weighted by atomic mass is 19.4. The second kappa shape index (κ2) is 6.96. The van der Waals surface area contributed by atoms with Gasteiger partial charge in [0.1, 0.15) is 5.69 Å². The zero-order valence-corrected chi connectivity index (χ0v) is 13.4. The van der Waals surface area contributed by atoms with E-state index in [1.165, 1.54) is 18.9 Å². The van der Waals surface area contributed by atoms with E-state index >= 15 is 0 Å². The Morgan fingerprint density at radius 2 is 2.00 bits per heavy atom. The van der Waals surface area contributed by atoms with Crippen molar-refractivity contribution < 1.29 is 18.0 Å². The molecule has 2 amide bonds. The predicted octanol–water partition coefficient (Wildman–Crippen LogP) is 3.05. The molecule has 0 spiro atoms. The molecular formula is C16H21F3N4O. The lowest BCUT2D eigenvalue weighted by Gasteiger charge is -2.21. The summed E-state index contributed by atoms with van der Waals surface area (Å²) in [6, 6.07) is 1.82. The number of pyridine rings is 1. The Morgan fingerprint density at radius 3 is 2.62 bits per heavy atom. The number of anilines is 1. The third-order valence-electron chi connectivity index (χ3n) is 4.59. The molecule has 2 saturated heterocycles. The number of carbonyl (C=O) groups is 1. The van der Waals surface area contributed by atoms with Crippen molar-refractivity contribution in [2.45, 2.75) is 25.4 Å². The molecule has 0 aromatic carbocycles. The molecule has 1 aromatic rings. The molecular weight excluding hydrogens is 321 g/mol. The largest absolute Gasteiger partial charge is 0.433 e. The van der Waals surface area contributed by atoms with Crippen molar-refractivity contribution in [3.05, 3.63) is 24.0 Å². The van der Waals surface area contributed by atoms with Gasteiger partial charge in [-0.05, 0) is 50.4 Å². The van der Waals surface area contributed by atoms with Gasteiger partial charge in [0.05, 0.1) is 11.9 Å². The van der Waals surface area contributed by atoms with E-state index in [-0.39, 0.29) is 11.7 Å². The zero-order valence-electron chi connectivity index (χ0n) is 13.4. The number of amides is 2. The highest BCUT2D eigenvalue weighted by Gasteiger charge is 2.32. The monoisotopic (exact) mass is 342 g/mol. The standard InChI is InChI=1S/C16H21F3N4O/c17-16(18,19)14-4-3-13(9-20-14)21-15(24)23-8-5-12(11-23)10-22-6-1-2-7-22/h3-4,9,12H,1-2,5-8,10-11H2,(H,21,24). The predicted molar refractivity (Wildman–Crippen MR) is 83.6 cm³/mol. The fourth-order valence-corrected chi connectivity index (χ4v) is 3.33. The maximum atomic E-state index is 12.5. The lowest BCUT2D eigenvalue weighted by molar-refractivity contribution is -0.141. The summed E-state index contributed by atoms with van der Waals surface area (Å²) in [5.41, 5.74) is -0.691. The number of aromatic nitrogens is 1. The van der Waals surface area contributed by atoms with Gasteiger partial charge in [-0.1, -0.05) is 0 Å². The summed E-state index contributed by atoms with van der Waals surface area (Å²) in [4.78, 5) is 19.7. The fraction of sp³-hybridized carbons (Fsp3) is 0.625. The second-order valence-corrected chi connectivity index (χ2v) is 6.47. The van der Waals surface area contributed by atoms with Crippen molar-refractivity contribution in [1.82, 2.24) is 14.8 Å². The molecule has 8 heteroatoms. The van der Waals surface area contributed by atoms with Gasteiger partial charge in [-0.25, -0.2) is 9.78 Å². The molecule has 2 aliphatic heterocycles. The number of nitrogens with zero attached hydrogens (tertiary/aromatic N) is 3. The van der Waals surface area contributed by atoms with E-state index in [1.54, 1.807) is 4.90 Å². The van der Waals surface area contributed by atoms with Crippen molar-refractivity contribution in [3.8, 4) is 0 Å². The summed E-state index contributed by atoms with van der Waals surface area (Å²) >= 11 is 0. The smallest absolute Gasteiger partial charge is 0.324 e. The van der Waals surface area contributed by atoms with Gasteiger partial charge >= 0.3 is 12.2 Å². The molecule has 3 heterocycles. The normalized spacial score (nSPS) is 22.1. The molecule has 0 radical (unpaired) electrons. The Balaban J connectivity index is 1.50. The molecule has 1 aromatic heterocycles. The molecule has 24 heavy (non-hydrogen) atoms. The van der Waals surface area contributed by atoms with Gasteiger partial charge in [0, 0.05) is 19.6 Å². The van der Waals surface area contributed by atoms with Crippen molar-refractivity contribution in [2.75, 3.05) is 38.0 Å². The zero-order chi connectivity index (χ0) is 17.2. The number of likely N-dealkylation sites (tertiary alicyclic amines) is 2. The molecule has 2 fully saturated rings. The van der Waals surface area contributed by atoms with Crippen LogP contribution in [0.15, 0.2) is 18.3 Å². The molecule has 0 saturated carbocycles. The molecule has 1 unspecified atom stereocenters. The van der Waals surface area contributed by atoms with Crippen LogP contribution in [-0.4, -0.2) is 53.5 Å². The summed E-state index contributed by atoms with van der Waals surface area (Å²) in [5, 5.41) is 2.62. The number of carbonyl (C=O) groups excluding carboxylic acids is 1. The van der Waals surface area contributed by atoms with Gasteiger partial charge in [-0.15, -0.1) is 0 Å². The number of nitrogens with one attached hydrogen (secondary N) is 1. The van der Waals surface area contributed by atoms with Gasteiger partial charge in [-0.3, -0.25) is 0 Å². The first-order valence-corrected chi connectivity index (χ1v) is 8.23. The van der Waals surface area contributed by atoms with E-state index in [1.807, 2.05) is 0 Å². The quantitative estimate of drug-likeness (QED) is 0.918. The Bertz CT molecular complexity index is 570. The molecule has 0 bridgehead atoms. The van der Waals surface area contributed by atoms with E-state index < -0.39 is 11.9 Å². The minimum absolute atomic E-state index is 0.274. The van der Waals surface area contributed by atoms with Crippen LogP contribution >= 0.6 is 0 Å². The SMILES string of the molecule is O=C(Nc1ccc(C(F)(F)F)nc1)N1CCC(CN2CCCC2)C1. The van der Waals surface area contributed by atoms with E-state index in [4.69, 9.17) is 0 Å². The van der Waals surface area contributed by atoms with Crippen LogP contribution in [0.2, 0.25) is 0 Å². The molecule has 5 nitrogen and oxygen atoms in total. The minimum atomic E-state index is -4.47. The van der Waals surface area contributed by atoms with Crippen LogP contribution in [0.1, 0.15) is 25.0 Å². The maximum absolute atomic E-state index is 12.5. The summed E-state index contributed by atoms with van der Waals surface area (Å²) in [6.45, 7) is 4.67. The Morgan fingerprint density at radius 1 is 1.25 bits per heavy atom. The van der Waals surface area contributed by atoms with Crippen molar-refractivity contribution in [3.63, 3.8) is 0 Å². The van der Waals surface area contributed by atoms with Crippen LogP contribution in [0, 0.1) is 5.92 Å². The van der Waals surface area contributed by atoms with Crippen molar-refractivity contribution in [1.29, 1.82) is 0 Å². The summed E-state index contributed by atoms with van der Waals surface area (Å²) in [5.74, 6) is 0.472. The summed E-state index contributed by atoms with van der Waals surface area (Å²) in [6.07, 6.45) is 0.0314. The molecule has 2 aliphatic rings. The number of rotatable bonds is 3. The highest BCUT2D eigenvalue weighted by molar-refractivity contribution is 5.89. The third kappa shape index (κ3) is 4.17. The minimum Gasteiger partial charge on any atom is -0.324 e.